The molecule has 0 aliphatic rings. The van der Waals surface area contributed by atoms with Gasteiger partial charge >= 0.3 is 5.17 Å². The molecule has 0 heterocycles. The summed E-state index contributed by atoms with van der Waals surface area (Å²) in [5.74, 6) is 0. The van der Waals surface area contributed by atoms with E-state index >= 15 is 0 Å². The van der Waals surface area contributed by atoms with Gasteiger partial charge in [0.15, 0.2) is 0 Å². The lowest BCUT2D eigenvalue weighted by Gasteiger charge is -1.97. The Morgan fingerprint density at radius 3 is 2.77 bits per heavy atom. The molecule has 0 saturated carbocycles. The topological polar surface area (TPSA) is 40.0 Å². The highest BCUT2D eigenvalue weighted by atomic mass is 35.5. The van der Waals surface area contributed by atoms with Gasteiger partial charge in [-0.25, -0.2) is 4.99 Å². The summed E-state index contributed by atoms with van der Waals surface area (Å²) in [4.78, 5) is 3.06. The second kappa shape index (κ2) is 4.53. The van der Waals surface area contributed by atoms with Crippen molar-refractivity contribution in [1.82, 2.24) is 0 Å². The number of nitrogens with one attached hydrogen (secondary N) is 1. The largest absolute Gasteiger partial charge is 0.306 e. The number of hydrogen-bond donors (Lipinski definition) is 2. The third-order valence-electron chi connectivity index (χ3n) is 1.65. The van der Waals surface area contributed by atoms with Crippen molar-refractivity contribution in [3.05, 3.63) is 28.8 Å². The fraction of sp³-hybridized carbons (Fsp3) is 0.222. The number of benzene rings is 1. The average Bonchev–Trinajstić information content (AvgIpc) is 2.11. The first-order chi connectivity index (χ1) is 6.13. The molecule has 70 valence electrons. The van der Waals surface area contributed by atoms with E-state index in [1.54, 1.807) is 0 Å². The molecule has 1 aromatic carbocycles. The van der Waals surface area contributed by atoms with Gasteiger partial charge in [-0.2, -0.15) is 0 Å². The molecule has 2 nitrogen and oxygen atoms in total. The predicted octanol–water partition coefficient (Wildman–Crippen LogP) is 1.04. The minimum absolute atomic E-state index is 0.682. The molecule has 1 rings (SSSR count). The quantitative estimate of drug-likeness (QED) is 0.543. The summed E-state index contributed by atoms with van der Waals surface area (Å²) in [6.45, 7) is 1.96. The monoisotopic (exact) mass is 215 g/mol. The van der Waals surface area contributed by atoms with Gasteiger partial charge in [-0.15, -0.1) is 0 Å². The number of halogens is 1. The van der Waals surface area contributed by atoms with Crippen molar-refractivity contribution in [2.24, 2.45) is 5.73 Å². The molecular weight excluding hydrogens is 204 g/mol. The molecule has 4 heteroatoms. The SMILES string of the molecule is CSC(N)=[NH+]c1ccc(Cl)c(C)c1. The van der Waals surface area contributed by atoms with Crippen LogP contribution in [0.15, 0.2) is 18.2 Å². The van der Waals surface area contributed by atoms with Gasteiger partial charge in [0.05, 0.1) is 0 Å². The van der Waals surface area contributed by atoms with Crippen LogP contribution in [0.2, 0.25) is 5.02 Å². The Bertz CT molecular complexity index is 336. The summed E-state index contributed by atoms with van der Waals surface area (Å²) in [7, 11) is 0. The van der Waals surface area contributed by atoms with Gasteiger partial charge in [-0.05, 0) is 48.7 Å². The second-order valence-electron chi connectivity index (χ2n) is 2.66. The van der Waals surface area contributed by atoms with E-state index in [-0.39, 0.29) is 0 Å². The zero-order valence-corrected chi connectivity index (χ0v) is 9.17. The predicted molar refractivity (Wildman–Crippen MR) is 59.5 cm³/mol. The van der Waals surface area contributed by atoms with E-state index in [4.69, 9.17) is 17.3 Å². The van der Waals surface area contributed by atoms with E-state index in [1.807, 2.05) is 31.4 Å². The molecule has 0 aliphatic carbocycles. The molecule has 0 aliphatic heterocycles. The highest BCUT2D eigenvalue weighted by Gasteiger charge is 1.99. The lowest BCUT2D eigenvalue weighted by molar-refractivity contribution is -0.351. The van der Waals surface area contributed by atoms with Crippen LogP contribution in [0.3, 0.4) is 0 Å². The lowest BCUT2D eigenvalue weighted by Crippen LogP contribution is -2.68. The third kappa shape index (κ3) is 2.94. The molecule has 3 N–H and O–H groups in total. The fourth-order valence-corrected chi connectivity index (χ4v) is 1.25. The second-order valence-corrected chi connectivity index (χ2v) is 3.91. The molecule has 0 amide bonds. The summed E-state index contributed by atoms with van der Waals surface area (Å²) in [6, 6.07) is 5.72. The number of thioether (sulfide) groups is 1. The van der Waals surface area contributed by atoms with Crippen LogP contribution in [0.5, 0.6) is 0 Å². The normalized spacial score (nSPS) is 11.8. The van der Waals surface area contributed by atoms with Crippen molar-refractivity contribution in [3.8, 4) is 0 Å². The fourth-order valence-electron chi connectivity index (χ4n) is 0.916. The van der Waals surface area contributed by atoms with Gasteiger partial charge in [0.25, 0.3) is 0 Å². The molecule has 0 bridgehead atoms. The van der Waals surface area contributed by atoms with Gasteiger partial charge in [-0.1, -0.05) is 11.6 Å². The van der Waals surface area contributed by atoms with Crippen LogP contribution in [0.25, 0.3) is 0 Å². The molecule has 0 radical (unpaired) electrons. The average molecular weight is 216 g/mol. The van der Waals surface area contributed by atoms with Crippen molar-refractivity contribution in [2.45, 2.75) is 6.92 Å². The summed E-state index contributed by atoms with van der Waals surface area (Å²) < 4.78 is 0. The summed E-state index contributed by atoms with van der Waals surface area (Å²) >= 11 is 7.36. The smallest absolute Gasteiger partial charge is 0.281 e. The molecule has 0 atom stereocenters. The Balaban J connectivity index is 2.98. The van der Waals surface area contributed by atoms with E-state index < -0.39 is 0 Å². The maximum Gasteiger partial charge on any atom is 0.306 e. The number of rotatable bonds is 1. The molecule has 0 spiro atoms. The summed E-state index contributed by atoms with van der Waals surface area (Å²) in [6.07, 6.45) is 1.92. The molecule has 0 aromatic heterocycles. The van der Waals surface area contributed by atoms with Gasteiger partial charge in [-0.3, -0.25) is 5.73 Å². The van der Waals surface area contributed by atoms with Gasteiger partial charge in [0.1, 0.15) is 5.69 Å². The molecular formula is C9H12ClN2S+. The van der Waals surface area contributed by atoms with Gasteiger partial charge < -0.3 is 0 Å². The Labute approximate surface area is 87.2 Å². The number of nitrogens with two attached hydrogens (primary N) is 1. The van der Waals surface area contributed by atoms with Crippen molar-refractivity contribution in [2.75, 3.05) is 6.26 Å². The standard InChI is InChI=1S/C9H11ClN2S/c1-6-5-7(3-4-8(6)10)12-9(11)13-2/h3-5H,1-2H3,(H2,11,12)/p+1. The lowest BCUT2D eigenvalue weighted by atomic mass is 10.2. The van der Waals surface area contributed by atoms with Crippen LogP contribution >= 0.6 is 23.4 Å². The highest BCUT2D eigenvalue weighted by Crippen LogP contribution is 2.16. The number of hydrogen-bond acceptors (Lipinski definition) is 1. The zero-order chi connectivity index (χ0) is 9.84. The maximum atomic E-state index is 5.88. The molecule has 1 aromatic rings. The van der Waals surface area contributed by atoms with Gasteiger partial charge in [0.2, 0.25) is 0 Å². The molecule has 0 fully saturated rings. The van der Waals surface area contributed by atoms with Gasteiger partial charge in [0, 0.05) is 5.02 Å². The van der Waals surface area contributed by atoms with E-state index in [1.165, 1.54) is 11.8 Å². The van der Waals surface area contributed by atoms with E-state index in [9.17, 15) is 0 Å². The van der Waals surface area contributed by atoms with Crippen molar-refractivity contribution < 1.29 is 4.99 Å². The zero-order valence-electron chi connectivity index (χ0n) is 7.60. The third-order valence-corrected chi connectivity index (χ3v) is 2.61. The Morgan fingerprint density at radius 2 is 2.23 bits per heavy atom. The molecule has 0 unspecified atom stereocenters. The maximum absolute atomic E-state index is 5.88. The van der Waals surface area contributed by atoms with Crippen LogP contribution in [-0.4, -0.2) is 11.4 Å². The number of amidine groups is 1. The molecule has 0 saturated heterocycles. The first kappa shape index (κ1) is 10.4. The number of aryl methyl sites for hydroxylation is 1. The van der Waals surface area contributed by atoms with Crippen LogP contribution in [0, 0.1) is 6.92 Å². The Kier molecular flexibility index (Phi) is 3.63. The van der Waals surface area contributed by atoms with Crippen LogP contribution < -0.4 is 10.7 Å². The van der Waals surface area contributed by atoms with E-state index in [0.29, 0.717) is 5.17 Å². The minimum atomic E-state index is 0.682. The first-order valence-electron chi connectivity index (χ1n) is 3.83. The summed E-state index contributed by atoms with van der Waals surface area (Å²) in [5.41, 5.74) is 7.64. The van der Waals surface area contributed by atoms with Crippen LogP contribution in [-0.2, 0) is 0 Å². The first-order valence-corrected chi connectivity index (χ1v) is 5.43. The molecule has 13 heavy (non-hydrogen) atoms. The Hall–Kier alpha value is -0.670. The van der Waals surface area contributed by atoms with Crippen LogP contribution in [0.4, 0.5) is 5.69 Å². The summed E-state index contributed by atoms with van der Waals surface area (Å²) in [5, 5.41) is 1.45. The van der Waals surface area contributed by atoms with E-state index in [2.05, 4.69) is 4.99 Å². The Morgan fingerprint density at radius 1 is 1.54 bits per heavy atom. The highest BCUT2D eigenvalue weighted by molar-refractivity contribution is 8.12. The van der Waals surface area contributed by atoms with Crippen molar-refractivity contribution >= 4 is 34.2 Å². The van der Waals surface area contributed by atoms with Crippen molar-refractivity contribution in [3.63, 3.8) is 0 Å². The minimum Gasteiger partial charge on any atom is -0.281 e. The van der Waals surface area contributed by atoms with Crippen molar-refractivity contribution in [1.29, 1.82) is 0 Å². The van der Waals surface area contributed by atoms with E-state index in [0.717, 1.165) is 16.3 Å². The van der Waals surface area contributed by atoms with Crippen LogP contribution in [0.1, 0.15) is 5.56 Å².